The molecule has 88 valence electrons. The summed E-state index contributed by atoms with van der Waals surface area (Å²) in [5.74, 6) is 1.17. The van der Waals surface area contributed by atoms with E-state index in [4.69, 9.17) is 4.74 Å². The number of ether oxygens (including phenoxy) is 1. The third kappa shape index (κ3) is 1.97. The summed E-state index contributed by atoms with van der Waals surface area (Å²) in [7, 11) is 0. The fraction of sp³-hybridized carbons (Fsp3) is 0.429. The Morgan fingerprint density at radius 3 is 2.65 bits per heavy atom. The molecule has 1 saturated carbocycles. The van der Waals surface area contributed by atoms with Crippen LogP contribution in [0.3, 0.4) is 0 Å². The molecule has 0 unspecified atom stereocenters. The number of hydrogen-bond acceptors (Lipinski definition) is 3. The van der Waals surface area contributed by atoms with E-state index in [0.29, 0.717) is 12.8 Å². The van der Waals surface area contributed by atoms with Crippen LogP contribution in [0, 0.1) is 0 Å². The van der Waals surface area contributed by atoms with Crippen molar-refractivity contribution >= 4 is 11.6 Å². The zero-order valence-corrected chi connectivity index (χ0v) is 9.57. The summed E-state index contributed by atoms with van der Waals surface area (Å²) in [6.07, 6.45) is 2.07. The van der Waals surface area contributed by atoms with Gasteiger partial charge in [0.05, 0.1) is 13.0 Å². The number of carbonyl (C=O) groups is 2. The number of fused-ring (bicyclic) bond motifs is 1. The smallest absolute Gasteiger partial charge is 0.140 e. The van der Waals surface area contributed by atoms with Crippen molar-refractivity contribution in [3.05, 3.63) is 29.3 Å². The molecule has 0 atom stereocenters. The Bertz CT molecular complexity index is 474. The van der Waals surface area contributed by atoms with Crippen molar-refractivity contribution in [2.24, 2.45) is 0 Å². The highest BCUT2D eigenvalue weighted by molar-refractivity contribution is 6.02. The van der Waals surface area contributed by atoms with Crippen molar-refractivity contribution in [2.45, 2.75) is 31.6 Å². The second kappa shape index (κ2) is 3.99. The minimum Gasteiger partial charge on any atom is -0.493 e. The van der Waals surface area contributed by atoms with E-state index < -0.39 is 0 Å². The molecule has 0 radical (unpaired) electrons. The number of rotatable bonds is 1. The van der Waals surface area contributed by atoms with Gasteiger partial charge >= 0.3 is 0 Å². The van der Waals surface area contributed by atoms with Crippen molar-refractivity contribution in [2.75, 3.05) is 6.61 Å². The molecule has 1 aliphatic heterocycles. The molecule has 0 bridgehead atoms. The third-order valence-electron chi connectivity index (χ3n) is 3.53. The fourth-order valence-corrected chi connectivity index (χ4v) is 2.68. The van der Waals surface area contributed by atoms with Gasteiger partial charge in [0.25, 0.3) is 0 Å². The lowest BCUT2D eigenvalue weighted by Crippen LogP contribution is -2.21. The van der Waals surface area contributed by atoms with Crippen LogP contribution in [0.4, 0.5) is 0 Å². The fourth-order valence-electron chi connectivity index (χ4n) is 2.68. The monoisotopic (exact) mass is 230 g/mol. The minimum atomic E-state index is 0.0722. The van der Waals surface area contributed by atoms with E-state index in [0.717, 1.165) is 24.3 Å². The summed E-state index contributed by atoms with van der Waals surface area (Å²) in [5, 5.41) is 0. The van der Waals surface area contributed by atoms with Gasteiger partial charge in [-0.3, -0.25) is 9.59 Å². The summed E-state index contributed by atoms with van der Waals surface area (Å²) < 4.78 is 5.45. The Hall–Kier alpha value is -1.64. The number of Topliss-reactive ketones (excluding diaryl/α,β-unsaturated/α-hetero) is 2. The summed E-state index contributed by atoms with van der Waals surface area (Å²) in [5.41, 5.74) is 2.31. The van der Waals surface area contributed by atoms with Crippen molar-refractivity contribution in [3.8, 4) is 5.75 Å². The quantitative estimate of drug-likeness (QED) is 0.693. The summed E-state index contributed by atoms with van der Waals surface area (Å²) >= 11 is 0. The van der Waals surface area contributed by atoms with Crippen LogP contribution in [0.25, 0.3) is 0 Å². The number of hydrogen-bond donors (Lipinski definition) is 0. The first-order chi connectivity index (χ1) is 8.22. The first-order valence-corrected chi connectivity index (χ1v) is 6.01. The van der Waals surface area contributed by atoms with Crippen LogP contribution >= 0.6 is 0 Å². The SMILES string of the molecule is O=C1CC(=O)CC(c2ccc3c(c2)CCO3)C1. The van der Waals surface area contributed by atoms with Crippen LogP contribution in [0.2, 0.25) is 0 Å². The van der Waals surface area contributed by atoms with E-state index in [1.54, 1.807) is 0 Å². The second-order valence-corrected chi connectivity index (χ2v) is 4.82. The van der Waals surface area contributed by atoms with Gasteiger partial charge in [-0.15, -0.1) is 0 Å². The van der Waals surface area contributed by atoms with E-state index in [9.17, 15) is 9.59 Å². The van der Waals surface area contributed by atoms with Gasteiger partial charge in [-0.05, 0) is 23.1 Å². The van der Waals surface area contributed by atoms with Crippen LogP contribution in [0.5, 0.6) is 5.75 Å². The molecule has 0 spiro atoms. The van der Waals surface area contributed by atoms with Gasteiger partial charge in [0.2, 0.25) is 0 Å². The zero-order valence-electron chi connectivity index (χ0n) is 9.57. The highest BCUT2D eigenvalue weighted by atomic mass is 16.5. The molecule has 1 aliphatic carbocycles. The van der Waals surface area contributed by atoms with Crippen molar-refractivity contribution in [1.29, 1.82) is 0 Å². The minimum absolute atomic E-state index is 0.0722. The van der Waals surface area contributed by atoms with Gasteiger partial charge in [0, 0.05) is 19.3 Å². The van der Waals surface area contributed by atoms with Crippen LogP contribution in [-0.2, 0) is 16.0 Å². The molecule has 3 nitrogen and oxygen atoms in total. The summed E-state index contributed by atoms with van der Waals surface area (Å²) in [6.45, 7) is 0.737. The normalized spacial score (nSPS) is 20.2. The first kappa shape index (κ1) is 10.5. The average molecular weight is 230 g/mol. The summed E-state index contributed by atoms with van der Waals surface area (Å²) in [4.78, 5) is 22.9. The zero-order chi connectivity index (χ0) is 11.8. The lowest BCUT2D eigenvalue weighted by Gasteiger charge is -2.20. The Kier molecular flexibility index (Phi) is 2.46. The highest BCUT2D eigenvalue weighted by Crippen LogP contribution is 2.33. The standard InChI is InChI=1S/C14H14O3/c15-12-6-11(7-13(16)8-12)9-1-2-14-10(5-9)3-4-17-14/h1-2,5,11H,3-4,6-8H2. The topological polar surface area (TPSA) is 43.4 Å². The van der Waals surface area contributed by atoms with Gasteiger partial charge in [-0.1, -0.05) is 12.1 Å². The largest absolute Gasteiger partial charge is 0.493 e. The Morgan fingerprint density at radius 2 is 1.88 bits per heavy atom. The number of benzene rings is 1. The molecule has 1 aromatic carbocycles. The molecule has 0 amide bonds. The maximum absolute atomic E-state index is 11.4. The molecular weight excluding hydrogens is 216 g/mol. The maximum atomic E-state index is 11.4. The van der Waals surface area contributed by atoms with Crippen molar-refractivity contribution in [1.82, 2.24) is 0 Å². The molecule has 1 heterocycles. The van der Waals surface area contributed by atoms with Gasteiger partial charge < -0.3 is 4.74 Å². The highest BCUT2D eigenvalue weighted by Gasteiger charge is 2.27. The molecular formula is C14H14O3. The number of ketones is 2. The van der Waals surface area contributed by atoms with E-state index in [-0.39, 0.29) is 23.9 Å². The van der Waals surface area contributed by atoms with Crippen LogP contribution < -0.4 is 4.74 Å². The van der Waals surface area contributed by atoms with Crippen LogP contribution in [0.1, 0.15) is 36.3 Å². The Labute approximate surface area is 99.8 Å². The van der Waals surface area contributed by atoms with E-state index in [2.05, 4.69) is 6.07 Å². The molecule has 0 aromatic heterocycles. The van der Waals surface area contributed by atoms with E-state index in [1.807, 2.05) is 12.1 Å². The molecule has 1 fully saturated rings. The van der Waals surface area contributed by atoms with Gasteiger partial charge in [-0.25, -0.2) is 0 Å². The lowest BCUT2D eigenvalue weighted by molar-refractivity contribution is -0.130. The maximum Gasteiger partial charge on any atom is 0.140 e. The Balaban J connectivity index is 1.88. The van der Waals surface area contributed by atoms with Crippen molar-refractivity contribution < 1.29 is 14.3 Å². The number of carbonyl (C=O) groups excluding carboxylic acids is 2. The second-order valence-electron chi connectivity index (χ2n) is 4.82. The van der Waals surface area contributed by atoms with Crippen LogP contribution in [0.15, 0.2) is 18.2 Å². The molecule has 17 heavy (non-hydrogen) atoms. The van der Waals surface area contributed by atoms with Crippen LogP contribution in [-0.4, -0.2) is 18.2 Å². The van der Waals surface area contributed by atoms with E-state index in [1.165, 1.54) is 5.56 Å². The molecule has 3 heteroatoms. The summed E-state index contributed by atoms with van der Waals surface area (Å²) in [6, 6.07) is 6.04. The third-order valence-corrected chi connectivity index (χ3v) is 3.53. The van der Waals surface area contributed by atoms with Gasteiger partial charge in [0.1, 0.15) is 17.3 Å². The van der Waals surface area contributed by atoms with Crippen molar-refractivity contribution in [3.63, 3.8) is 0 Å². The van der Waals surface area contributed by atoms with E-state index >= 15 is 0 Å². The molecule has 2 aliphatic rings. The average Bonchev–Trinajstić information content (AvgIpc) is 2.74. The lowest BCUT2D eigenvalue weighted by atomic mass is 9.82. The predicted octanol–water partition coefficient (Wildman–Crippen LogP) is 2.03. The molecule has 0 saturated heterocycles. The molecule has 3 rings (SSSR count). The predicted molar refractivity (Wildman–Crippen MR) is 62.2 cm³/mol. The van der Waals surface area contributed by atoms with Gasteiger partial charge in [0.15, 0.2) is 0 Å². The Morgan fingerprint density at radius 1 is 1.12 bits per heavy atom. The molecule has 0 N–H and O–H groups in total. The molecule has 1 aromatic rings. The van der Waals surface area contributed by atoms with Gasteiger partial charge in [-0.2, -0.15) is 0 Å². The first-order valence-electron chi connectivity index (χ1n) is 6.01.